The molecule has 1 N–H and O–H groups in total. The SMILES string of the molecule is COc1ccc(-c2noc([C@H]3CNCCO3)n2)cn1.Cl. The number of hydrogen-bond acceptors (Lipinski definition) is 7. The Morgan fingerprint density at radius 2 is 2.30 bits per heavy atom. The molecule has 2 aromatic heterocycles. The van der Waals surface area contributed by atoms with Crippen molar-refractivity contribution < 1.29 is 14.0 Å². The number of rotatable bonds is 3. The predicted octanol–water partition coefficient (Wildman–Crippen LogP) is 1.22. The smallest absolute Gasteiger partial charge is 0.257 e. The number of aromatic nitrogens is 3. The maximum absolute atomic E-state index is 5.56. The van der Waals surface area contributed by atoms with E-state index in [1.807, 2.05) is 6.07 Å². The van der Waals surface area contributed by atoms with Gasteiger partial charge in [-0.25, -0.2) is 4.98 Å². The van der Waals surface area contributed by atoms with E-state index in [9.17, 15) is 0 Å². The molecule has 1 aliphatic rings. The first-order chi connectivity index (χ1) is 9.36. The van der Waals surface area contributed by atoms with Crippen molar-refractivity contribution in [2.45, 2.75) is 6.10 Å². The van der Waals surface area contributed by atoms with E-state index in [1.165, 1.54) is 0 Å². The molecule has 7 nitrogen and oxygen atoms in total. The van der Waals surface area contributed by atoms with Crippen LogP contribution in [-0.2, 0) is 4.74 Å². The van der Waals surface area contributed by atoms with Gasteiger partial charge in [0.25, 0.3) is 5.89 Å². The number of hydrogen-bond donors (Lipinski definition) is 1. The van der Waals surface area contributed by atoms with Crippen LogP contribution in [0, 0.1) is 0 Å². The van der Waals surface area contributed by atoms with Gasteiger partial charge >= 0.3 is 0 Å². The van der Waals surface area contributed by atoms with Crippen LogP contribution in [0.5, 0.6) is 5.88 Å². The van der Waals surface area contributed by atoms with Crippen molar-refractivity contribution in [2.75, 3.05) is 26.8 Å². The molecule has 108 valence electrons. The molecule has 0 aromatic carbocycles. The van der Waals surface area contributed by atoms with E-state index in [0.29, 0.717) is 30.7 Å². The minimum Gasteiger partial charge on any atom is -0.481 e. The molecule has 0 bridgehead atoms. The van der Waals surface area contributed by atoms with Crippen molar-refractivity contribution in [3.05, 3.63) is 24.2 Å². The zero-order chi connectivity index (χ0) is 13.1. The summed E-state index contributed by atoms with van der Waals surface area (Å²) in [6, 6.07) is 3.59. The average Bonchev–Trinajstić information content (AvgIpc) is 2.98. The Hall–Kier alpha value is -1.70. The highest BCUT2D eigenvalue weighted by molar-refractivity contribution is 5.85. The lowest BCUT2D eigenvalue weighted by Crippen LogP contribution is -2.33. The molecular weight excluding hydrogens is 284 g/mol. The molecule has 1 aliphatic heterocycles. The van der Waals surface area contributed by atoms with E-state index in [2.05, 4.69) is 20.4 Å². The van der Waals surface area contributed by atoms with Crippen LogP contribution in [-0.4, -0.2) is 41.9 Å². The fraction of sp³-hybridized carbons (Fsp3) is 0.417. The summed E-state index contributed by atoms with van der Waals surface area (Å²) in [4.78, 5) is 8.44. The van der Waals surface area contributed by atoms with Crippen LogP contribution in [0.3, 0.4) is 0 Å². The van der Waals surface area contributed by atoms with E-state index in [0.717, 1.165) is 12.1 Å². The molecule has 1 atom stereocenters. The first-order valence-electron chi connectivity index (χ1n) is 6.03. The van der Waals surface area contributed by atoms with Crippen LogP contribution in [0.15, 0.2) is 22.9 Å². The molecule has 20 heavy (non-hydrogen) atoms. The number of nitrogens with one attached hydrogen (secondary N) is 1. The first-order valence-corrected chi connectivity index (χ1v) is 6.03. The number of nitrogens with zero attached hydrogens (tertiary/aromatic N) is 3. The van der Waals surface area contributed by atoms with E-state index in [4.69, 9.17) is 14.0 Å². The summed E-state index contributed by atoms with van der Waals surface area (Å²) in [7, 11) is 1.57. The van der Waals surface area contributed by atoms with Crippen LogP contribution in [0.25, 0.3) is 11.4 Å². The van der Waals surface area contributed by atoms with Gasteiger partial charge in [0.15, 0.2) is 0 Å². The molecule has 0 saturated carbocycles. The maximum atomic E-state index is 5.56. The summed E-state index contributed by atoms with van der Waals surface area (Å²) < 4.78 is 15.8. The van der Waals surface area contributed by atoms with Crippen LogP contribution in [0.1, 0.15) is 12.0 Å². The molecule has 0 aliphatic carbocycles. The average molecular weight is 299 g/mol. The van der Waals surface area contributed by atoms with Crippen molar-refractivity contribution >= 4 is 12.4 Å². The minimum atomic E-state index is -0.179. The maximum Gasteiger partial charge on any atom is 0.257 e. The van der Waals surface area contributed by atoms with E-state index >= 15 is 0 Å². The largest absolute Gasteiger partial charge is 0.481 e. The fourth-order valence-corrected chi connectivity index (χ4v) is 1.84. The van der Waals surface area contributed by atoms with Gasteiger partial charge in [-0.15, -0.1) is 12.4 Å². The molecule has 3 heterocycles. The van der Waals surface area contributed by atoms with Crippen molar-refractivity contribution in [1.82, 2.24) is 20.4 Å². The Morgan fingerprint density at radius 3 is 2.95 bits per heavy atom. The van der Waals surface area contributed by atoms with Gasteiger partial charge < -0.3 is 19.3 Å². The number of morpholine rings is 1. The zero-order valence-electron chi connectivity index (χ0n) is 10.9. The zero-order valence-corrected chi connectivity index (χ0v) is 11.7. The number of ether oxygens (including phenoxy) is 2. The molecule has 1 fully saturated rings. The van der Waals surface area contributed by atoms with Gasteiger partial charge in [0.05, 0.1) is 13.7 Å². The summed E-state index contributed by atoms with van der Waals surface area (Å²) in [6.07, 6.45) is 1.47. The second-order valence-electron chi connectivity index (χ2n) is 4.11. The third-order valence-electron chi connectivity index (χ3n) is 2.85. The predicted molar refractivity (Wildman–Crippen MR) is 72.9 cm³/mol. The van der Waals surface area contributed by atoms with Gasteiger partial charge in [-0.1, -0.05) is 5.16 Å². The Labute approximate surface area is 122 Å². The standard InChI is InChI=1S/C12H14N4O3.ClH/c1-17-10-3-2-8(6-14-10)11-15-12(19-16-11)9-7-13-4-5-18-9;/h2-3,6,9,13H,4-5,7H2,1H3;1H/t9-;/m1./s1. The van der Waals surface area contributed by atoms with Crippen molar-refractivity contribution in [2.24, 2.45) is 0 Å². The lowest BCUT2D eigenvalue weighted by Gasteiger charge is -2.19. The Balaban J connectivity index is 0.00000147. The van der Waals surface area contributed by atoms with Crippen LogP contribution >= 0.6 is 12.4 Å². The van der Waals surface area contributed by atoms with Crippen LogP contribution < -0.4 is 10.1 Å². The molecular formula is C12H15ClN4O3. The topological polar surface area (TPSA) is 82.3 Å². The molecule has 0 unspecified atom stereocenters. The summed E-state index contributed by atoms with van der Waals surface area (Å²) in [6.45, 7) is 2.18. The second kappa shape index (κ2) is 6.65. The van der Waals surface area contributed by atoms with Crippen LogP contribution in [0.2, 0.25) is 0 Å². The highest BCUT2D eigenvalue weighted by Gasteiger charge is 2.22. The summed E-state index contributed by atoms with van der Waals surface area (Å²) in [5.74, 6) is 1.53. The molecule has 0 radical (unpaired) electrons. The highest BCUT2D eigenvalue weighted by Crippen LogP contribution is 2.21. The fourth-order valence-electron chi connectivity index (χ4n) is 1.84. The quantitative estimate of drug-likeness (QED) is 0.912. The number of methoxy groups -OCH3 is 1. The third kappa shape index (κ3) is 3.06. The minimum absolute atomic E-state index is 0. The van der Waals surface area contributed by atoms with Crippen molar-refractivity contribution in [3.63, 3.8) is 0 Å². The van der Waals surface area contributed by atoms with Gasteiger partial charge in [0, 0.05) is 30.9 Å². The highest BCUT2D eigenvalue weighted by atomic mass is 35.5. The van der Waals surface area contributed by atoms with Gasteiger partial charge in [-0.05, 0) is 6.07 Å². The molecule has 3 rings (SSSR count). The monoisotopic (exact) mass is 298 g/mol. The Bertz CT molecular complexity index is 540. The first kappa shape index (κ1) is 14.7. The van der Waals surface area contributed by atoms with E-state index in [1.54, 1.807) is 19.4 Å². The normalized spacial score (nSPS) is 18.4. The van der Waals surface area contributed by atoms with E-state index in [-0.39, 0.29) is 18.5 Å². The van der Waals surface area contributed by atoms with Gasteiger partial charge in [0.1, 0.15) is 6.10 Å². The summed E-state index contributed by atoms with van der Waals surface area (Å²) in [5.41, 5.74) is 0.777. The summed E-state index contributed by atoms with van der Waals surface area (Å²) >= 11 is 0. The molecule has 1 saturated heterocycles. The summed E-state index contributed by atoms with van der Waals surface area (Å²) in [5, 5.41) is 7.16. The molecule has 8 heteroatoms. The second-order valence-corrected chi connectivity index (χ2v) is 4.11. The van der Waals surface area contributed by atoms with Gasteiger partial charge in [-0.2, -0.15) is 4.98 Å². The Kier molecular flexibility index (Phi) is 4.89. The van der Waals surface area contributed by atoms with Gasteiger partial charge in [-0.3, -0.25) is 0 Å². The van der Waals surface area contributed by atoms with Crippen molar-refractivity contribution in [3.8, 4) is 17.3 Å². The third-order valence-corrected chi connectivity index (χ3v) is 2.85. The number of halogens is 1. The molecule has 0 amide bonds. The van der Waals surface area contributed by atoms with E-state index < -0.39 is 0 Å². The lowest BCUT2D eigenvalue weighted by molar-refractivity contribution is 0.00755. The number of pyridine rings is 1. The molecule has 2 aromatic rings. The Morgan fingerprint density at radius 1 is 1.40 bits per heavy atom. The van der Waals surface area contributed by atoms with Crippen molar-refractivity contribution in [1.29, 1.82) is 0 Å². The van der Waals surface area contributed by atoms with Gasteiger partial charge in [0.2, 0.25) is 11.7 Å². The molecule has 0 spiro atoms. The van der Waals surface area contributed by atoms with Crippen LogP contribution in [0.4, 0.5) is 0 Å². The lowest BCUT2D eigenvalue weighted by atomic mass is 10.2.